The Morgan fingerprint density at radius 3 is 2.37 bits per heavy atom. The van der Waals surface area contributed by atoms with Crippen LogP contribution in [0.1, 0.15) is 25.8 Å². The van der Waals surface area contributed by atoms with E-state index in [1.54, 1.807) is 0 Å². The van der Waals surface area contributed by atoms with Gasteiger partial charge in [0, 0.05) is 44.5 Å². The highest BCUT2D eigenvalue weighted by molar-refractivity contribution is 5.77. The fourth-order valence-corrected chi connectivity index (χ4v) is 3.51. The molecule has 27 heavy (non-hydrogen) atoms. The Balaban J connectivity index is 0.000000321. The topological polar surface area (TPSA) is 82.5 Å². The van der Waals surface area contributed by atoms with E-state index in [1.807, 2.05) is 32.3 Å². The SMILES string of the molecule is CC(C)NC(=O)CC1[C@H]2CN(Cc3cccnc3)C[C@@H]12.O=C(O)C(F)(F)F. The Kier molecular flexibility index (Phi) is 6.80. The molecule has 0 bridgehead atoms. The van der Waals surface area contributed by atoms with Crippen molar-refractivity contribution in [1.82, 2.24) is 15.2 Å². The summed E-state index contributed by atoms with van der Waals surface area (Å²) >= 11 is 0. The molecule has 1 amide bonds. The number of aromatic nitrogens is 1. The summed E-state index contributed by atoms with van der Waals surface area (Å²) in [4.78, 5) is 27.3. The zero-order chi connectivity index (χ0) is 20.2. The number of hydrogen-bond donors (Lipinski definition) is 2. The number of hydrogen-bond acceptors (Lipinski definition) is 4. The van der Waals surface area contributed by atoms with E-state index in [4.69, 9.17) is 9.90 Å². The summed E-state index contributed by atoms with van der Waals surface area (Å²) < 4.78 is 31.7. The first-order valence-electron chi connectivity index (χ1n) is 8.78. The molecule has 2 heterocycles. The summed E-state index contributed by atoms with van der Waals surface area (Å²) in [6.45, 7) is 7.30. The Morgan fingerprint density at radius 2 is 1.93 bits per heavy atom. The molecular formula is C18H24F3N3O3. The predicted octanol–water partition coefficient (Wildman–Crippen LogP) is 2.31. The first kappa shape index (κ1) is 21.1. The van der Waals surface area contributed by atoms with Crippen molar-refractivity contribution in [3.8, 4) is 0 Å². The molecule has 3 atom stereocenters. The minimum absolute atomic E-state index is 0.221. The fourth-order valence-electron chi connectivity index (χ4n) is 3.51. The molecule has 2 fully saturated rings. The van der Waals surface area contributed by atoms with E-state index >= 15 is 0 Å². The highest BCUT2D eigenvalue weighted by Crippen LogP contribution is 2.53. The maximum Gasteiger partial charge on any atom is 0.490 e. The number of amides is 1. The summed E-state index contributed by atoms with van der Waals surface area (Å²) in [5, 5.41) is 10.1. The van der Waals surface area contributed by atoms with Crippen molar-refractivity contribution in [1.29, 1.82) is 0 Å². The van der Waals surface area contributed by atoms with Crippen molar-refractivity contribution in [3.05, 3.63) is 30.1 Å². The molecule has 6 nitrogen and oxygen atoms in total. The lowest BCUT2D eigenvalue weighted by atomic mass is 10.1. The second kappa shape index (κ2) is 8.69. The number of likely N-dealkylation sites (tertiary alicyclic amines) is 1. The zero-order valence-electron chi connectivity index (χ0n) is 15.2. The van der Waals surface area contributed by atoms with Crippen LogP contribution in [0.5, 0.6) is 0 Å². The molecule has 3 rings (SSSR count). The quantitative estimate of drug-likeness (QED) is 0.810. The van der Waals surface area contributed by atoms with Crippen molar-refractivity contribution in [2.24, 2.45) is 17.8 Å². The van der Waals surface area contributed by atoms with Crippen LogP contribution in [-0.4, -0.2) is 52.2 Å². The number of halogens is 3. The molecule has 1 aromatic heterocycles. The Labute approximate surface area is 155 Å². The number of aliphatic carboxylic acids is 1. The number of fused-ring (bicyclic) bond motifs is 1. The minimum atomic E-state index is -5.08. The minimum Gasteiger partial charge on any atom is -0.475 e. The van der Waals surface area contributed by atoms with Gasteiger partial charge in [-0.2, -0.15) is 13.2 Å². The number of piperidine rings is 1. The van der Waals surface area contributed by atoms with Gasteiger partial charge in [-0.1, -0.05) is 6.07 Å². The number of carbonyl (C=O) groups is 2. The van der Waals surface area contributed by atoms with Crippen LogP contribution >= 0.6 is 0 Å². The third kappa shape index (κ3) is 6.50. The molecule has 1 aliphatic carbocycles. The fraction of sp³-hybridized carbons (Fsp3) is 0.611. The van der Waals surface area contributed by atoms with E-state index in [-0.39, 0.29) is 11.9 Å². The van der Waals surface area contributed by atoms with Crippen LogP contribution in [0.4, 0.5) is 13.2 Å². The van der Waals surface area contributed by atoms with E-state index in [0.717, 1.165) is 31.5 Å². The first-order chi connectivity index (χ1) is 12.6. The van der Waals surface area contributed by atoms with Gasteiger partial charge in [0.25, 0.3) is 0 Å². The molecule has 1 aliphatic heterocycles. The number of nitrogens with zero attached hydrogens (tertiary/aromatic N) is 2. The largest absolute Gasteiger partial charge is 0.490 e. The van der Waals surface area contributed by atoms with Gasteiger partial charge in [-0.3, -0.25) is 14.7 Å². The van der Waals surface area contributed by atoms with Gasteiger partial charge >= 0.3 is 12.1 Å². The monoisotopic (exact) mass is 387 g/mol. The predicted molar refractivity (Wildman–Crippen MR) is 91.6 cm³/mol. The number of alkyl halides is 3. The second-order valence-electron chi connectivity index (χ2n) is 7.28. The average molecular weight is 387 g/mol. The zero-order valence-corrected chi connectivity index (χ0v) is 15.2. The maximum atomic E-state index is 11.8. The van der Waals surface area contributed by atoms with E-state index < -0.39 is 12.1 Å². The number of carboxylic acids is 1. The molecule has 2 N–H and O–H groups in total. The third-order valence-corrected chi connectivity index (χ3v) is 4.69. The van der Waals surface area contributed by atoms with Gasteiger partial charge in [0.2, 0.25) is 5.91 Å². The van der Waals surface area contributed by atoms with Gasteiger partial charge in [-0.25, -0.2) is 4.79 Å². The van der Waals surface area contributed by atoms with Gasteiger partial charge in [-0.15, -0.1) is 0 Å². The third-order valence-electron chi connectivity index (χ3n) is 4.69. The molecule has 0 aromatic carbocycles. The number of carbonyl (C=O) groups excluding carboxylic acids is 1. The second-order valence-corrected chi connectivity index (χ2v) is 7.28. The molecule has 1 saturated carbocycles. The van der Waals surface area contributed by atoms with E-state index in [9.17, 15) is 18.0 Å². The number of carboxylic acid groups (broad SMARTS) is 1. The highest BCUT2D eigenvalue weighted by Gasteiger charge is 2.55. The summed E-state index contributed by atoms with van der Waals surface area (Å²) in [5.41, 5.74) is 1.28. The molecule has 0 spiro atoms. The van der Waals surface area contributed by atoms with Crippen LogP contribution in [0.25, 0.3) is 0 Å². The van der Waals surface area contributed by atoms with Crippen molar-refractivity contribution in [2.45, 2.75) is 39.0 Å². The summed E-state index contributed by atoms with van der Waals surface area (Å²) in [5.74, 6) is -0.432. The van der Waals surface area contributed by atoms with Crippen molar-refractivity contribution in [2.75, 3.05) is 13.1 Å². The number of nitrogens with one attached hydrogen (secondary N) is 1. The smallest absolute Gasteiger partial charge is 0.475 e. The van der Waals surface area contributed by atoms with Crippen LogP contribution in [-0.2, 0) is 16.1 Å². The molecule has 0 radical (unpaired) electrons. The lowest BCUT2D eigenvalue weighted by molar-refractivity contribution is -0.192. The lowest BCUT2D eigenvalue weighted by Gasteiger charge is -2.19. The number of rotatable bonds is 5. The first-order valence-corrected chi connectivity index (χ1v) is 8.78. The van der Waals surface area contributed by atoms with Crippen LogP contribution in [0.2, 0.25) is 0 Å². The van der Waals surface area contributed by atoms with E-state index in [2.05, 4.69) is 21.3 Å². The summed E-state index contributed by atoms with van der Waals surface area (Å²) in [7, 11) is 0. The molecule has 1 aromatic rings. The van der Waals surface area contributed by atoms with Gasteiger partial charge in [0.05, 0.1) is 0 Å². The van der Waals surface area contributed by atoms with Crippen molar-refractivity contribution < 1.29 is 27.9 Å². The lowest BCUT2D eigenvalue weighted by Crippen LogP contribution is -2.31. The molecule has 9 heteroatoms. The number of pyridine rings is 1. The van der Waals surface area contributed by atoms with Crippen LogP contribution in [0.3, 0.4) is 0 Å². The van der Waals surface area contributed by atoms with Crippen molar-refractivity contribution >= 4 is 11.9 Å². The summed E-state index contributed by atoms with van der Waals surface area (Å²) in [6.07, 6.45) is -0.611. The molecule has 1 unspecified atom stereocenters. The summed E-state index contributed by atoms with van der Waals surface area (Å²) in [6, 6.07) is 4.37. The maximum absolute atomic E-state index is 11.8. The van der Waals surface area contributed by atoms with Crippen molar-refractivity contribution in [3.63, 3.8) is 0 Å². The van der Waals surface area contributed by atoms with Crippen LogP contribution in [0.15, 0.2) is 24.5 Å². The molecule has 2 aliphatic rings. The molecule has 1 saturated heterocycles. The Hall–Kier alpha value is -2.16. The highest BCUT2D eigenvalue weighted by atomic mass is 19.4. The van der Waals surface area contributed by atoms with E-state index in [1.165, 1.54) is 5.56 Å². The normalized spacial score (nSPS) is 24.0. The average Bonchev–Trinajstić information content (AvgIpc) is 3.00. The molecular weight excluding hydrogens is 363 g/mol. The Morgan fingerprint density at radius 1 is 1.33 bits per heavy atom. The van der Waals surface area contributed by atoms with Crippen LogP contribution < -0.4 is 5.32 Å². The van der Waals surface area contributed by atoms with Gasteiger partial charge in [-0.05, 0) is 43.2 Å². The van der Waals surface area contributed by atoms with Gasteiger partial charge < -0.3 is 10.4 Å². The van der Waals surface area contributed by atoms with E-state index in [0.29, 0.717) is 12.3 Å². The standard InChI is InChI=1S/C16H23N3O.C2HF3O2/c1-11(2)18-16(20)6-13-14-9-19(10-15(13)14)8-12-4-3-5-17-7-12;3-2(4,5)1(6)7/h3-5,7,11,13-15H,6,8-10H2,1-2H3,(H,18,20);(H,6,7)/t13?,14-,15+;. The van der Waals surface area contributed by atoms with Gasteiger partial charge in [0.1, 0.15) is 0 Å². The van der Waals surface area contributed by atoms with Crippen LogP contribution in [0, 0.1) is 17.8 Å². The Bertz CT molecular complexity index is 640. The molecule has 150 valence electrons. The van der Waals surface area contributed by atoms with Gasteiger partial charge in [0.15, 0.2) is 0 Å².